The van der Waals surface area contributed by atoms with Crippen LogP contribution in [0.3, 0.4) is 0 Å². The molecule has 0 radical (unpaired) electrons. The van der Waals surface area contributed by atoms with Crippen LogP contribution in [0, 0.1) is 22.7 Å². The molecular weight excluding hydrogens is 208 g/mol. The summed E-state index contributed by atoms with van der Waals surface area (Å²) >= 11 is 0. The third-order valence-electron chi connectivity index (χ3n) is 4.68. The molecule has 1 heterocycles. The van der Waals surface area contributed by atoms with Gasteiger partial charge in [0.1, 0.15) is 0 Å². The highest BCUT2D eigenvalue weighted by atomic mass is 15.2. The molecule has 1 aliphatic heterocycles. The van der Waals surface area contributed by atoms with Crippen molar-refractivity contribution in [1.29, 1.82) is 5.26 Å². The number of hydrogen-bond acceptors (Lipinski definition) is 2. The minimum Gasteiger partial charge on any atom is -0.300 e. The van der Waals surface area contributed by atoms with Gasteiger partial charge in [0.2, 0.25) is 0 Å². The van der Waals surface area contributed by atoms with Crippen LogP contribution >= 0.6 is 0 Å². The first kappa shape index (κ1) is 12.9. The van der Waals surface area contributed by atoms with Crippen molar-refractivity contribution < 1.29 is 0 Å². The first-order valence-electron chi connectivity index (χ1n) is 7.28. The van der Waals surface area contributed by atoms with Gasteiger partial charge < -0.3 is 4.90 Å². The fraction of sp³-hybridized carbons (Fsp3) is 0.933. The number of rotatable bonds is 3. The summed E-state index contributed by atoms with van der Waals surface area (Å²) in [6.45, 7) is 6.52. The van der Waals surface area contributed by atoms with Gasteiger partial charge in [-0.2, -0.15) is 5.26 Å². The van der Waals surface area contributed by atoms with Gasteiger partial charge >= 0.3 is 0 Å². The molecule has 0 N–H and O–H groups in total. The predicted octanol–water partition coefficient (Wildman–Crippen LogP) is 3.58. The van der Waals surface area contributed by atoms with Crippen LogP contribution in [0.15, 0.2) is 0 Å². The van der Waals surface area contributed by atoms with Gasteiger partial charge in [0.25, 0.3) is 0 Å². The molecule has 2 unspecified atom stereocenters. The van der Waals surface area contributed by atoms with Gasteiger partial charge in [-0.15, -0.1) is 0 Å². The molecule has 1 aliphatic carbocycles. The van der Waals surface area contributed by atoms with Crippen molar-refractivity contribution >= 4 is 0 Å². The Morgan fingerprint density at radius 1 is 1.18 bits per heavy atom. The second kappa shape index (κ2) is 5.40. The predicted molar refractivity (Wildman–Crippen MR) is 70.6 cm³/mol. The van der Waals surface area contributed by atoms with Crippen molar-refractivity contribution in [2.75, 3.05) is 13.1 Å². The minimum atomic E-state index is -0.151. The van der Waals surface area contributed by atoms with E-state index in [1.54, 1.807) is 0 Å². The van der Waals surface area contributed by atoms with E-state index >= 15 is 0 Å². The van der Waals surface area contributed by atoms with E-state index in [0.717, 1.165) is 24.9 Å². The van der Waals surface area contributed by atoms with Gasteiger partial charge in [-0.25, -0.2) is 0 Å². The fourth-order valence-corrected chi connectivity index (χ4v) is 3.48. The summed E-state index contributed by atoms with van der Waals surface area (Å²) in [7, 11) is 0. The Hall–Kier alpha value is -0.550. The fourth-order valence-electron chi connectivity index (χ4n) is 3.48. The van der Waals surface area contributed by atoms with E-state index in [-0.39, 0.29) is 5.41 Å². The lowest BCUT2D eigenvalue weighted by Crippen LogP contribution is -2.47. The summed E-state index contributed by atoms with van der Waals surface area (Å²) in [5.74, 6) is 0.961. The van der Waals surface area contributed by atoms with Crippen molar-refractivity contribution in [3.63, 3.8) is 0 Å². The third kappa shape index (κ3) is 3.22. The van der Waals surface area contributed by atoms with Gasteiger partial charge in [-0.05, 0) is 65.0 Å². The Morgan fingerprint density at radius 3 is 2.65 bits per heavy atom. The molecule has 2 nitrogen and oxygen atoms in total. The smallest absolute Gasteiger partial charge is 0.0684 e. The summed E-state index contributed by atoms with van der Waals surface area (Å²) in [4.78, 5) is 2.69. The maximum atomic E-state index is 9.09. The maximum Gasteiger partial charge on any atom is 0.0684 e. The van der Waals surface area contributed by atoms with Crippen LogP contribution in [0.5, 0.6) is 0 Å². The van der Waals surface area contributed by atoms with E-state index in [1.807, 2.05) is 0 Å². The van der Waals surface area contributed by atoms with Crippen LogP contribution in [-0.4, -0.2) is 24.0 Å². The Kier molecular flexibility index (Phi) is 4.09. The van der Waals surface area contributed by atoms with Crippen LogP contribution in [0.1, 0.15) is 58.8 Å². The van der Waals surface area contributed by atoms with E-state index in [9.17, 15) is 0 Å². The second-order valence-electron chi connectivity index (χ2n) is 6.54. The molecular formula is C15H26N2. The lowest BCUT2D eigenvalue weighted by Gasteiger charge is -2.44. The van der Waals surface area contributed by atoms with Crippen LogP contribution in [0.4, 0.5) is 0 Å². The summed E-state index contributed by atoms with van der Waals surface area (Å²) in [6, 6.07) is 3.27. The zero-order valence-corrected chi connectivity index (χ0v) is 11.4. The molecule has 2 fully saturated rings. The molecule has 0 bridgehead atoms. The molecule has 0 amide bonds. The maximum absolute atomic E-state index is 9.09. The topological polar surface area (TPSA) is 27.0 Å². The van der Waals surface area contributed by atoms with E-state index in [4.69, 9.17) is 5.26 Å². The van der Waals surface area contributed by atoms with Crippen LogP contribution in [-0.2, 0) is 0 Å². The molecule has 2 atom stereocenters. The molecule has 1 saturated carbocycles. The zero-order valence-electron chi connectivity index (χ0n) is 11.4. The lowest BCUT2D eigenvalue weighted by molar-refractivity contribution is 0.0546. The van der Waals surface area contributed by atoms with E-state index in [0.29, 0.717) is 0 Å². The molecule has 17 heavy (non-hydrogen) atoms. The number of hydrogen-bond donors (Lipinski definition) is 0. The van der Waals surface area contributed by atoms with Crippen molar-refractivity contribution in [3.05, 3.63) is 0 Å². The Labute approximate surface area is 106 Å². The largest absolute Gasteiger partial charge is 0.300 e. The molecule has 0 aromatic carbocycles. The van der Waals surface area contributed by atoms with Crippen molar-refractivity contribution in [2.24, 2.45) is 11.3 Å². The average Bonchev–Trinajstić information content (AvgIpc) is 2.36. The summed E-state index contributed by atoms with van der Waals surface area (Å²) in [5, 5.41) is 9.09. The van der Waals surface area contributed by atoms with E-state index < -0.39 is 0 Å². The summed E-state index contributed by atoms with van der Waals surface area (Å²) < 4.78 is 0. The highest BCUT2D eigenvalue weighted by Gasteiger charge is 2.33. The van der Waals surface area contributed by atoms with Crippen molar-refractivity contribution in [3.8, 4) is 6.07 Å². The third-order valence-corrected chi connectivity index (χ3v) is 4.68. The number of piperidine rings is 1. The Balaban J connectivity index is 1.89. The molecule has 96 valence electrons. The Morgan fingerprint density at radius 2 is 1.88 bits per heavy atom. The molecule has 0 aromatic rings. The van der Waals surface area contributed by atoms with E-state index in [2.05, 4.69) is 24.8 Å². The van der Waals surface area contributed by atoms with Gasteiger partial charge in [-0.1, -0.05) is 12.8 Å². The first-order valence-corrected chi connectivity index (χ1v) is 7.28. The van der Waals surface area contributed by atoms with Crippen LogP contribution < -0.4 is 0 Å². The molecule has 2 rings (SSSR count). The molecule has 1 saturated heterocycles. The van der Waals surface area contributed by atoms with E-state index in [1.165, 1.54) is 45.1 Å². The summed E-state index contributed by atoms with van der Waals surface area (Å²) in [5.41, 5.74) is -0.151. The zero-order chi connectivity index (χ0) is 12.3. The van der Waals surface area contributed by atoms with Crippen LogP contribution in [0.25, 0.3) is 0 Å². The average molecular weight is 234 g/mol. The second-order valence-corrected chi connectivity index (χ2v) is 6.54. The van der Waals surface area contributed by atoms with Crippen LogP contribution in [0.2, 0.25) is 0 Å². The summed E-state index contributed by atoms with van der Waals surface area (Å²) in [6.07, 6.45) is 9.54. The number of likely N-dealkylation sites (tertiary alicyclic amines) is 1. The highest BCUT2D eigenvalue weighted by molar-refractivity contribution is 4.94. The molecule has 2 aliphatic rings. The van der Waals surface area contributed by atoms with Crippen molar-refractivity contribution in [2.45, 2.75) is 64.8 Å². The van der Waals surface area contributed by atoms with Gasteiger partial charge in [0.05, 0.1) is 11.5 Å². The minimum absolute atomic E-state index is 0.151. The lowest BCUT2D eigenvalue weighted by atomic mass is 9.78. The number of nitriles is 1. The monoisotopic (exact) mass is 234 g/mol. The number of nitrogens with zero attached hydrogens (tertiary/aromatic N) is 2. The SMILES string of the molecule is CC(C)(C#N)CCN1CCCC2CCCCC21. The standard InChI is InChI=1S/C15H26N2/c1-15(2,12-16)9-11-17-10-5-7-13-6-3-4-8-14(13)17/h13-14H,3-11H2,1-2H3. The first-order chi connectivity index (χ1) is 8.12. The van der Waals surface area contributed by atoms with Gasteiger partial charge in [0, 0.05) is 6.04 Å². The molecule has 2 heteroatoms. The molecule has 0 aromatic heterocycles. The highest BCUT2D eigenvalue weighted by Crippen LogP contribution is 2.35. The quantitative estimate of drug-likeness (QED) is 0.746. The Bertz CT molecular complexity index is 288. The number of fused-ring (bicyclic) bond motifs is 1. The van der Waals surface area contributed by atoms with Gasteiger partial charge in [-0.3, -0.25) is 0 Å². The van der Waals surface area contributed by atoms with Gasteiger partial charge in [0.15, 0.2) is 0 Å². The molecule has 0 spiro atoms. The van der Waals surface area contributed by atoms with Crippen molar-refractivity contribution in [1.82, 2.24) is 4.90 Å². The normalized spacial score (nSPS) is 30.6.